The number of carbonyl (C=O) groups excluding carboxylic acids is 1. The van der Waals surface area contributed by atoms with Crippen LogP contribution < -0.4 is 16.0 Å². The number of hydrogen-bond donors (Lipinski definition) is 2. The van der Waals surface area contributed by atoms with Gasteiger partial charge in [0.15, 0.2) is 0 Å². The van der Waals surface area contributed by atoms with Crippen molar-refractivity contribution in [1.82, 2.24) is 4.90 Å². The Balaban J connectivity index is 1.49. The Morgan fingerprint density at radius 3 is 2.44 bits per heavy atom. The minimum absolute atomic E-state index is 0.0431. The summed E-state index contributed by atoms with van der Waals surface area (Å²) in [6, 6.07) is 12.1. The van der Waals surface area contributed by atoms with Crippen molar-refractivity contribution in [1.29, 1.82) is 0 Å². The standard InChI is InChI=1S/C19H23FN4O/c1-14-2-5-16(12-18(14)21)22-19(25)13-23-8-10-24(11-9-23)17-6-3-15(20)4-7-17/h2-7,12H,8-11,13,21H2,1H3,(H,22,25). The van der Waals surface area contributed by atoms with Gasteiger partial charge in [-0.2, -0.15) is 0 Å². The summed E-state index contributed by atoms with van der Waals surface area (Å²) in [6.45, 7) is 5.50. The van der Waals surface area contributed by atoms with E-state index in [1.807, 2.05) is 19.1 Å². The summed E-state index contributed by atoms with van der Waals surface area (Å²) in [5.74, 6) is -0.269. The van der Waals surface area contributed by atoms with Gasteiger partial charge in [0.25, 0.3) is 0 Å². The summed E-state index contributed by atoms with van der Waals surface area (Å²) in [7, 11) is 0. The SMILES string of the molecule is Cc1ccc(NC(=O)CN2CCN(c3ccc(F)cc3)CC2)cc1N. The second-order valence-electron chi connectivity index (χ2n) is 6.36. The lowest BCUT2D eigenvalue weighted by Gasteiger charge is -2.35. The molecule has 1 saturated heterocycles. The molecule has 0 unspecified atom stereocenters. The van der Waals surface area contributed by atoms with Crippen LogP contribution in [0.5, 0.6) is 0 Å². The summed E-state index contributed by atoms with van der Waals surface area (Å²) >= 11 is 0. The van der Waals surface area contributed by atoms with Crippen molar-refractivity contribution in [2.45, 2.75) is 6.92 Å². The molecule has 6 heteroatoms. The molecule has 0 saturated carbocycles. The highest BCUT2D eigenvalue weighted by Gasteiger charge is 2.19. The molecule has 0 atom stereocenters. The zero-order valence-corrected chi connectivity index (χ0v) is 14.3. The van der Waals surface area contributed by atoms with E-state index >= 15 is 0 Å². The summed E-state index contributed by atoms with van der Waals surface area (Å²) in [5, 5.41) is 2.89. The Bertz CT molecular complexity index is 740. The first kappa shape index (κ1) is 17.2. The highest BCUT2D eigenvalue weighted by molar-refractivity contribution is 5.92. The molecule has 0 radical (unpaired) electrons. The van der Waals surface area contributed by atoms with Gasteiger partial charge in [0.2, 0.25) is 5.91 Å². The first-order valence-corrected chi connectivity index (χ1v) is 8.40. The minimum Gasteiger partial charge on any atom is -0.398 e. The van der Waals surface area contributed by atoms with E-state index in [1.54, 1.807) is 18.2 Å². The number of nitrogens with two attached hydrogens (primary N) is 1. The lowest BCUT2D eigenvalue weighted by atomic mass is 10.2. The van der Waals surface area contributed by atoms with Crippen LogP contribution in [0.1, 0.15) is 5.56 Å². The Morgan fingerprint density at radius 1 is 1.12 bits per heavy atom. The molecule has 25 heavy (non-hydrogen) atoms. The third kappa shape index (κ3) is 4.48. The number of anilines is 3. The Labute approximate surface area is 147 Å². The molecule has 1 fully saturated rings. The number of amides is 1. The number of halogens is 1. The molecule has 1 aliphatic rings. The van der Waals surface area contributed by atoms with Gasteiger partial charge in [-0.05, 0) is 48.9 Å². The predicted molar refractivity (Wildman–Crippen MR) is 99.3 cm³/mol. The van der Waals surface area contributed by atoms with Crippen molar-refractivity contribution < 1.29 is 9.18 Å². The normalized spacial score (nSPS) is 15.2. The fourth-order valence-corrected chi connectivity index (χ4v) is 2.94. The fourth-order valence-electron chi connectivity index (χ4n) is 2.94. The van der Waals surface area contributed by atoms with E-state index in [1.165, 1.54) is 12.1 Å². The number of carbonyl (C=O) groups is 1. The molecule has 5 nitrogen and oxygen atoms in total. The molecule has 3 rings (SSSR count). The zero-order valence-electron chi connectivity index (χ0n) is 14.3. The van der Waals surface area contributed by atoms with Crippen LogP contribution in [0.25, 0.3) is 0 Å². The van der Waals surface area contributed by atoms with Crippen molar-refractivity contribution in [3.8, 4) is 0 Å². The first-order chi connectivity index (χ1) is 12.0. The summed E-state index contributed by atoms with van der Waals surface area (Å²) in [4.78, 5) is 16.5. The van der Waals surface area contributed by atoms with Crippen molar-refractivity contribution in [2.75, 3.05) is 48.7 Å². The highest BCUT2D eigenvalue weighted by atomic mass is 19.1. The van der Waals surface area contributed by atoms with Gasteiger partial charge in [0, 0.05) is 43.2 Å². The lowest BCUT2D eigenvalue weighted by molar-refractivity contribution is -0.117. The van der Waals surface area contributed by atoms with Crippen LogP contribution >= 0.6 is 0 Å². The molecular weight excluding hydrogens is 319 g/mol. The number of aryl methyl sites for hydroxylation is 1. The van der Waals surface area contributed by atoms with Gasteiger partial charge in [-0.15, -0.1) is 0 Å². The van der Waals surface area contributed by atoms with Crippen molar-refractivity contribution in [3.05, 3.63) is 53.8 Å². The maximum Gasteiger partial charge on any atom is 0.238 e. The van der Waals surface area contributed by atoms with Gasteiger partial charge in [0.05, 0.1) is 6.54 Å². The fraction of sp³-hybridized carbons (Fsp3) is 0.316. The van der Waals surface area contributed by atoms with E-state index in [0.29, 0.717) is 12.2 Å². The quantitative estimate of drug-likeness (QED) is 0.838. The Kier molecular flexibility index (Phi) is 5.19. The van der Waals surface area contributed by atoms with Crippen LogP contribution in [-0.2, 0) is 4.79 Å². The summed E-state index contributed by atoms with van der Waals surface area (Å²) in [5.41, 5.74) is 9.27. The highest BCUT2D eigenvalue weighted by Crippen LogP contribution is 2.18. The van der Waals surface area contributed by atoms with E-state index in [9.17, 15) is 9.18 Å². The van der Waals surface area contributed by atoms with Gasteiger partial charge in [-0.1, -0.05) is 6.07 Å². The van der Waals surface area contributed by atoms with Crippen LogP contribution in [0.2, 0.25) is 0 Å². The zero-order chi connectivity index (χ0) is 17.8. The largest absolute Gasteiger partial charge is 0.398 e. The Hall–Kier alpha value is -2.60. The van der Waals surface area contributed by atoms with E-state index in [4.69, 9.17) is 5.73 Å². The van der Waals surface area contributed by atoms with Crippen molar-refractivity contribution in [2.24, 2.45) is 0 Å². The van der Waals surface area contributed by atoms with E-state index < -0.39 is 0 Å². The minimum atomic E-state index is -0.226. The molecule has 2 aromatic rings. The smallest absolute Gasteiger partial charge is 0.238 e. The van der Waals surface area contributed by atoms with Crippen molar-refractivity contribution >= 4 is 23.0 Å². The number of piperazine rings is 1. The summed E-state index contributed by atoms with van der Waals surface area (Å²) in [6.07, 6.45) is 0. The van der Waals surface area contributed by atoms with Gasteiger partial charge >= 0.3 is 0 Å². The van der Waals surface area contributed by atoms with Crippen LogP contribution in [0, 0.1) is 12.7 Å². The molecule has 1 aliphatic heterocycles. The third-order valence-corrected chi connectivity index (χ3v) is 4.49. The second kappa shape index (κ2) is 7.53. The molecule has 1 amide bonds. The maximum absolute atomic E-state index is 13.0. The predicted octanol–water partition coefficient (Wildman–Crippen LogP) is 2.48. The number of nitrogens with zero attached hydrogens (tertiary/aromatic N) is 2. The monoisotopic (exact) mass is 342 g/mol. The molecule has 132 valence electrons. The van der Waals surface area contributed by atoms with E-state index in [2.05, 4.69) is 15.1 Å². The second-order valence-corrected chi connectivity index (χ2v) is 6.36. The first-order valence-electron chi connectivity index (χ1n) is 8.40. The molecule has 2 aromatic carbocycles. The molecule has 1 heterocycles. The van der Waals surface area contributed by atoms with Gasteiger partial charge in [0.1, 0.15) is 5.82 Å². The van der Waals surface area contributed by atoms with Crippen molar-refractivity contribution in [3.63, 3.8) is 0 Å². The van der Waals surface area contributed by atoms with E-state index in [0.717, 1.165) is 43.1 Å². The Morgan fingerprint density at radius 2 is 1.80 bits per heavy atom. The van der Waals surface area contributed by atoms with Gasteiger partial charge < -0.3 is 16.0 Å². The average Bonchev–Trinajstić information content (AvgIpc) is 2.60. The van der Waals surface area contributed by atoms with E-state index in [-0.39, 0.29) is 11.7 Å². The number of hydrogen-bond acceptors (Lipinski definition) is 4. The number of benzene rings is 2. The van der Waals surface area contributed by atoms with Gasteiger partial charge in [-0.25, -0.2) is 4.39 Å². The molecule has 0 spiro atoms. The molecular formula is C19H23FN4O. The van der Waals surface area contributed by atoms with Crippen LogP contribution in [0.4, 0.5) is 21.5 Å². The van der Waals surface area contributed by atoms with Crippen LogP contribution in [0.3, 0.4) is 0 Å². The number of rotatable bonds is 4. The molecule has 3 N–H and O–H groups in total. The average molecular weight is 342 g/mol. The lowest BCUT2D eigenvalue weighted by Crippen LogP contribution is -2.48. The third-order valence-electron chi connectivity index (χ3n) is 4.49. The molecule has 0 bridgehead atoms. The maximum atomic E-state index is 13.0. The van der Waals surface area contributed by atoms with Crippen LogP contribution in [-0.4, -0.2) is 43.5 Å². The number of nitrogens with one attached hydrogen (secondary N) is 1. The molecule has 0 aromatic heterocycles. The summed E-state index contributed by atoms with van der Waals surface area (Å²) < 4.78 is 13.0. The topological polar surface area (TPSA) is 61.6 Å². The molecule has 0 aliphatic carbocycles. The number of nitrogen functional groups attached to an aromatic ring is 1. The van der Waals surface area contributed by atoms with Crippen LogP contribution in [0.15, 0.2) is 42.5 Å². The van der Waals surface area contributed by atoms with Gasteiger partial charge in [-0.3, -0.25) is 9.69 Å².